The molecule has 3 aromatic rings. The molecule has 0 aliphatic carbocycles. The van der Waals surface area contributed by atoms with Crippen molar-refractivity contribution < 1.29 is 0 Å². The molecule has 1 aromatic carbocycles. The molecule has 3 nitrogen and oxygen atoms in total. The van der Waals surface area contributed by atoms with Crippen LogP contribution in [0.5, 0.6) is 0 Å². The van der Waals surface area contributed by atoms with Gasteiger partial charge in [-0.05, 0) is 31.5 Å². The van der Waals surface area contributed by atoms with Gasteiger partial charge in [-0.2, -0.15) is 0 Å². The standard InChI is InChI=1S/C16H17N3/c1-11-10-14-8-9-17-16(15(14)18-11)19-12(2)13-6-4-3-5-7-13/h3-10,12,18H,1-2H3,(H,17,19)/t12-/m0/s1. The Morgan fingerprint density at radius 2 is 1.95 bits per heavy atom. The van der Waals surface area contributed by atoms with Gasteiger partial charge >= 0.3 is 0 Å². The van der Waals surface area contributed by atoms with Gasteiger partial charge in [-0.15, -0.1) is 0 Å². The fourth-order valence-corrected chi connectivity index (χ4v) is 2.33. The summed E-state index contributed by atoms with van der Waals surface area (Å²) in [5.41, 5.74) is 3.48. The minimum Gasteiger partial charge on any atom is -0.362 e. The molecule has 2 heterocycles. The van der Waals surface area contributed by atoms with Crippen molar-refractivity contribution in [3.05, 3.63) is 59.9 Å². The molecule has 19 heavy (non-hydrogen) atoms. The van der Waals surface area contributed by atoms with Gasteiger partial charge in [-0.1, -0.05) is 30.3 Å². The first-order valence-corrected chi connectivity index (χ1v) is 6.50. The van der Waals surface area contributed by atoms with Crippen molar-refractivity contribution in [3.8, 4) is 0 Å². The zero-order valence-electron chi connectivity index (χ0n) is 11.1. The molecule has 0 spiro atoms. The second-order valence-electron chi connectivity index (χ2n) is 4.85. The van der Waals surface area contributed by atoms with Crippen molar-refractivity contribution in [3.63, 3.8) is 0 Å². The summed E-state index contributed by atoms with van der Waals surface area (Å²) in [5, 5.41) is 4.66. The maximum Gasteiger partial charge on any atom is 0.150 e. The average molecular weight is 251 g/mol. The lowest BCUT2D eigenvalue weighted by atomic mass is 10.1. The number of nitrogens with one attached hydrogen (secondary N) is 2. The van der Waals surface area contributed by atoms with E-state index in [0.717, 1.165) is 17.0 Å². The summed E-state index contributed by atoms with van der Waals surface area (Å²) in [4.78, 5) is 7.80. The number of H-pyrrole nitrogens is 1. The largest absolute Gasteiger partial charge is 0.362 e. The SMILES string of the molecule is Cc1cc2ccnc(N[C@@H](C)c3ccccc3)c2[nH]1. The third kappa shape index (κ3) is 2.32. The monoisotopic (exact) mass is 251 g/mol. The van der Waals surface area contributed by atoms with E-state index in [1.54, 1.807) is 0 Å². The number of rotatable bonds is 3. The maximum absolute atomic E-state index is 4.44. The number of aromatic amines is 1. The predicted molar refractivity (Wildman–Crippen MR) is 79.3 cm³/mol. The Morgan fingerprint density at radius 1 is 1.16 bits per heavy atom. The van der Waals surface area contributed by atoms with Gasteiger partial charge in [-0.25, -0.2) is 4.98 Å². The molecule has 3 heteroatoms. The number of aryl methyl sites for hydroxylation is 1. The van der Waals surface area contributed by atoms with E-state index in [4.69, 9.17) is 0 Å². The second kappa shape index (κ2) is 4.76. The van der Waals surface area contributed by atoms with Crippen molar-refractivity contribution in [2.75, 3.05) is 5.32 Å². The van der Waals surface area contributed by atoms with Crippen LogP contribution >= 0.6 is 0 Å². The van der Waals surface area contributed by atoms with Crippen molar-refractivity contribution in [2.24, 2.45) is 0 Å². The number of fused-ring (bicyclic) bond motifs is 1. The van der Waals surface area contributed by atoms with E-state index in [1.165, 1.54) is 10.9 Å². The number of hydrogen-bond acceptors (Lipinski definition) is 2. The first-order chi connectivity index (χ1) is 9.24. The molecule has 0 aliphatic rings. The number of pyridine rings is 1. The molecular weight excluding hydrogens is 234 g/mol. The van der Waals surface area contributed by atoms with Gasteiger partial charge in [0.1, 0.15) is 0 Å². The van der Waals surface area contributed by atoms with Crippen molar-refractivity contribution in [1.29, 1.82) is 0 Å². The summed E-state index contributed by atoms with van der Waals surface area (Å²) >= 11 is 0. The fourth-order valence-electron chi connectivity index (χ4n) is 2.33. The van der Waals surface area contributed by atoms with E-state index in [1.807, 2.05) is 18.3 Å². The lowest BCUT2D eigenvalue weighted by Crippen LogP contribution is -2.08. The third-order valence-corrected chi connectivity index (χ3v) is 3.33. The topological polar surface area (TPSA) is 40.7 Å². The molecule has 3 rings (SSSR count). The second-order valence-corrected chi connectivity index (χ2v) is 4.85. The molecule has 0 saturated carbocycles. The first-order valence-electron chi connectivity index (χ1n) is 6.50. The predicted octanol–water partition coefficient (Wildman–Crippen LogP) is 4.04. The lowest BCUT2D eigenvalue weighted by Gasteiger charge is -2.15. The summed E-state index contributed by atoms with van der Waals surface area (Å²) < 4.78 is 0. The van der Waals surface area contributed by atoms with Gasteiger partial charge < -0.3 is 10.3 Å². The number of anilines is 1. The molecule has 0 saturated heterocycles. The summed E-state index contributed by atoms with van der Waals surface area (Å²) in [6, 6.07) is 14.8. The zero-order valence-corrected chi connectivity index (χ0v) is 11.1. The average Bonchev–Trinajstić information content (AvgIpc) is 2.81. The zero-order chi connectivity index (χ0) is 13.2. The van der Waals surface area contributed by atoms with Crippen LogP contribution in [-0.4, -0.2) is 9.97 Å². The normalized spacial score (nSPS) is 12.5. The van der Waals surface area contributed by atoms with Crippen molar-refractivity contribution in [1.82, 2.24) is 9.97 Å². The van der Waals surface area contributed by atoms with Crippen LogP contribution in [0, 0.1) is 6.92 Å². The van der Waals surface area contributed by atoms with Crippen LogP contribution in [0.15, 0.2) is 48.7 Å². The van der Waals surface area contributed by atoms with E-state index in [9.17, 15) is 0 Å². The number of hydrogen-bond donors (Lipinski definition) is 2. The Morgan fingerprint density at radius 3 is 2.74 bits per heavy atom. The lowest BCUT2D eigenvalue weighted by molar-refractivity contribution is 0.877. The van der Waals surface area contributed by atoms with Crippen LogP contribution in [0.3, 0.4) is 0 Å². The van der Waals surface area contributed by atoms with Crippen molar-refractivity contribution in [2.45, 2.75) is 19.9 Å². The molecular formula is C16H17N3. The molecule has 0 fully saturated rings. The quantitative estimate of drug-likeness (QED) is 0.737. The van der Waals surface area contributed by atoms with Crippen LogP contribution in [0.2, 0.25) is 0 Å². The van der Waals surface area contributed by atoms with E-state index < -0.39 is 0 Å². The highest BCUT2D eigenvalue weighted by Gasteiger charge is 2.09. The number of benzene rings is 1. The van der Waals surface area contributed by atoms with E-state index >= 15 is 0 Å². The van der Waals surface area contributed by atoms with Gasteiger partial charge in [0, 0.05) is 17.3 Å². The maximum atomic E-state index is 4.44. The molecule has 0 amide bonds. The number of aromatic nitrogens is 2. The van der Waals surface area contributed by atoms with Crippen LogP contribution in [0.4, 0.5) is 5.82 Å². The molecule has 0 unspecified atom stereocenters. The van der Waals surface area contributed by atoms with Gasteiger partial charge in [0.15, 0.2) is 5.82 Å². The van der Waals surface area contributed by atoms with E-state index in [-0.39, 0.29) is 6.04 Å². The Hall–Kier alpha value is -2.29. The Labute approximate surface area is 112 Å². The highest BCUT2D eigenvalue weighted by Crippen LogP contribution is 2.24. The minimum absolute atomic E-state index is 0.225. The van der Waals surface area contributed by atoms with Gasteiger partial charge in [0.2, 0.25) is 0 Å². The highest BCUT2D eigenvalue weighted by atomic mass is 15.0. The Kier molecular flexibility index (Phi) is 2.95. The molecule has 0 radical (unpaired) electrons. The highest BCUT2D eigenvalue weighted by molar-refractivity contribution is 5.89. The van der Waals surface area contributed by atoms with Gasteiger partial charge in [0.05, 0.1) is 11.6 Å². The molecule has 0 bridgehead atoms. The Bertz CT molecular complexity index is 686. The van der Waals surface area contributed by atoms with Crippen LogP contribution in [0.25, 0.3) is 10.9 Å². The van der Waals surface area contributed by atoms with Gasteiger partial charge in [0.25, 0.3) is 0 Å². The summed E-state index contributed by atoms with van der Waals surface area (Å²) in [5.74, 6) is 0.905. The van der Waals surface area contributed by atoms with Crippen LogP contribution in [0.1, 0.15) is 24.2 Å². The van der Waals surface area contributed by atoms with E-state index in [0.29, 0.717) is 0 Å². The molecule has 96 valence electrons. The third-order valence-electron chi connectivity index (χ3n) is 3.33. The smallest absolute Gasteiger partial charge is 0.150 e. The minimum atomic E-state index is 0.225. The van der Waals surface area contributed by atoms with Crippen LogP contribution < -0.4 is 5.32 Å². The van der Waals surface area contributed by atoms with Gasteiger partial charge in [-0.3, -0.25) is 0 Å². The Balaban J connectivity index is 1.93. The molecule has 1 atom stereocenters. The first kappa shape index (κ1) is 11.8. The van der Waals surface area contributed by atoms with Crippen molar-refractivity contribution >= 4 is 16.7 Å². The van der Waals surface area contributed by atoms with Crippen LogP contribution in [-0.2, 0) is 0 Å². The summed E-state index contributed by atoms with van der Waals surface area (Å²) in [7, 11) is 0. The molecule has 0 aliphatic heterocycles. The summed E-state index contributed by atoms with van der Waals surface area (Å²) in [6.45, 7) is 4.20. The number of nitrogens with zero attached hydrogens (tertiary/aromatic N) is 1. The molecule has 2 aromatic heterocycles. The summed E-state index contributed by atoms with van der Waals surface area (Å²) in [6.07, 6.45) is 1.84. The fraction of sp³-hybridized carbons (Fsp3) is 0.188. The van der Waals surface area contributed by atoms with E-state index in [2.05, 4.69) is 59.5 Å². The molecule has 2 N–H and O–H groups in total.